The molecular weight excluding hydrogens is 382 g/mol. The number of likely N-dealkylation sites (tertiary alicyclic amines) is 1. The number of rotatable bonds is 5. The van der Waals surface area contributed by atoms with Gasteiger partial charge in [-0.2, -0.15) is 0 Å². The van der Waals surface area contributed by atoms with Crippen molar-refractivity contribution < 1.29 is 19.4 Å². The van der Waals surface area contributed by atoms with E-state index in [1.54, 1.807) is 41.6 Å². The number of carbonyl (C=O) groups excluding carboxylic acids is 2. The first kappa shape index (κ1) is 20.3. The fourth-order valence-electron chi connectivity index (χ4n) is 3.94. The van der Waals surface area contributed by atoms with Crippen molar-refractivity contribution in [3.8, 4) is 0 Å². The van der Waals surface area contributed by atoms with Crippen molar-refractivity contribution in [2.75, 3.05) is 39.4 Å². The Morgan fingerprint density at radius 3 is 2.40 bits per heavy atom. The van der Waals surface area contributed by atoms with Crippen LogP contribution < -0.4 is 0 Å². The number of morpholine rings is 1. The Balaban J connectivity index is 1.71. The van der Waals surface area contributed by atoms with Crippen LogP contribution in [0.25, 0.3) is 5.76 Å². The monoisotopic (exact) mass is 407 g/mol. The van der Waals surface area contributed by atoms with E-state index >= 15 is 0 Å². The SMILES string of the molecule is Cc1ccc(/C(O)=C2/C(=O)C(=O)N(CCN3CCOCC3)C2c2ccncc2)cc1. The van der Waals surface area contributed by atoms with Gasteiger partial charge in [0.15, 0.2) is 0 Å². The molecule has 0 radical (unpaired) electrons. The van der Waals surface area contributed by atoms with Crippen LogP contribution in [0.4, 0.5) is 0 Å². The zero-order valence-corrected chi connectivity index (χ0v) is 17.0. The third-order valence-electron chi connectivity index (χ3n) is 5.65. The number of amides is 1. The van der Waals surface area contributed by atoms with E-state index in [-0.39, 0.29) is 11.3 Å². The molecule has 1 aromatic heterocycles. The van der Waals surface area contributed by atoms with Crippen LogP contribution in [0.3, 0.4) is 0 Å². The maximum atomic E-state index is 13.0. The standard InChI is InChI=1S/C23H25N3O4/c1-16-2-4-18(5-3-16)21(27)19-20(17-6-8-24-9-7-17)26(23(29)22(19)28)11-10-25-12-14-30-15-13-25/h2-9,20,27H,10-15H2,1H3/b21-19-. The molecule has 0 bridgehead atoms. The summed E-state index contributed by atoms with van der Waals surface area (Å²) in [6.45, 7) is 5.91. The van der Waals surface area contributed by atoms with Crippen molar-refractivity contribution in [2.45, 2.75) is 13.0 Å². The van der Waals surface area contributed by atoms with Crippen molar-refractivity contribution >= 4 is 17.4 Å². The molecule has 3 heterocycles. The molecule has 7 heteroatoms. The molecule has 1 aromatic carbocycles. The summed E-state index contributed by atoms with van der Waals surface area (Å²) in [5, 5.41) is 11.0. The number of benzene rings is 1. The molecule has 2 aliphatic heterocycles. The number of Topliss-reactive ketones (excluding diaryl/α,β-unsaturated/α-hetero) is 1. The van der Waals surface area contributed by atoms with Gasteiger partial charge in [0, 0.05) is 44.1 Å². The summed E-state index contributed by atoms with van der Waals surface area (Å²) >= 11 is 0. The minimum atomic E-state index is -0.656. The average molecular weight is 407 g/mol. The fraction of sp³-hybridized carbons (Fsp3) is 0.348. The van der Waals surface area contributed by atoms with Gasteiger partial charge < -0.3 is 14.7 Å². The number of ether oxygens (including phenoxy) is 1. The Hall–Kier alpha value is -3.03. The van der Waals surface area contributed by atoms with Gasteiger partial charge in [-0.05, 0) is 24.6 Å². The summed E-state index contributed by atoms with van der Waals surface area (Å²) in [4.78, 5) is 33.7. The van der Waals surface area contributed by atoms with E-state index in [0.717, 1.165) is 24.2 Å². The molecule has 0 spiro atoms. The van der Waals surface area contributed by atoms with Gasteiger partial charge in [-0.1, -0.05) is 29.8 Å². The molecule has 156 valence electrons. The molecule has 1 atom stereocenters. The topological polar surface area (TPSA) is 83.0 Å². The van der Waals surface area contributed by atoms with Crippen LogP contribution in [0, 0.1) is 6.92 Å². The molecule has 2 aromatic rings. The number of nitrogens with zero attached hydrogens (tertiary/aromatic N) is 3. The van der Waals surface area contributed by atoms with Crippen molar-refractivity contribution in [1.29, 1.82) is 0 Å². The van der Waals surface area contributed by atoms with Gasteiger partial charge >= 0.3 is 0 Å². The molecule has 2 fully saturated rings. The van der Waals surface area contributed by atoms with Crippen molar-refractivity contribution in [3.05, 3.63) is 71.1 Å². The predicted octanol–water partition coefficient (Wildman–Crippen LogP) is 2.14. The fourth-order valence-corrected chi connectivity index (χ4v) is 3.94. The first-order valence-electron chi connectivity index (χ1n) is 10.1. The zero-order valence-electron chi connectivity index (χ0n) is 17.0. The molecule has 2 saturated heterocycles. The first-order chi connectivity index (χ1) is 14.6. The Kier molecular flexibility index (Phi) is 5.92. The van der Waals surface area contributed by atoms with Gasteiger partial charge in [-0.15, -0.1) is 0 Å². The minimum Gasteiger partial charge on any atom is -0.507 e. The molecule has 7 nitrogen and oxygen atoms in total. The third-order valence-corrected chi connectivity index (χ3v) is 5.65. The Morgan fingerprint density at radius 2 is 1.73 bits per heavy atom. The number of aliphatic hydroxyl groups excluding tert-OH is 1. The minimum absolute atomic E-state index is 0.122. The highest BCUT2D eigenvalue weighted by molar-refractivity contribution is 6.46. The molecule has 0 aliphatic carbocycles. The third kappa shape index (κ3) is 3.99. The van der Waals surface area contributed by atoms with Gasteiger partial charge in [0.1, 0.15) is 5.76 Å². The second kappa shape index (κ2) is 8.77. The van der Waals surface area contributed by atoms with Gasteiger partial charge in [-0.25, -0.2) is 0 Å². The summed E-state index contributed by atoms with van der Waals surface area (Å²) in [5.74, 6) is -1.39. The largest absolute Gasteiger partial charge is 0.507 e. The van der Waals surface area contributed by atoms with Crippen molar-refractivity contribution in [1.82, 2.24) is 14.8 Å². The van der Waals surface area contributed by atoms with Crippen LogP contribution in [0.15, 0.2) is 54.4 Å². The van der Waals surface area contributed by atoms with Crippen LogP contribution in [0.1, 0.15) is 22.7 Å². The summed E-state index contributed by atoms with van der Waals surface area (Å²) in [7, 11) is 0. The molecule has 2 aliphatic rings. The summed E-state index contributed by atoms with van der Waals surface area (Å²) in [6.07, 6.45) is 3.26. The predicted molar refractivity (Wildman–Crippen MR) is 112 cm³/mol. The smallest absolute Gasteiger partial charge is 0.295 e. The number of aliphatic hydroxyl groups is 1. The number of aromatic nitrogens is 1. The normalized spacial score (nSPS) is 21.9. The quantitative estimate of drug-likeness (QED) is 0.465. The van der Waals surface area contributed by atoms with Crippen LogP contribution in [-0.2, 0) is 14.3 Å². The highest BCUT2D eigenvalue weighted by atomic mass is 16.5. The molecule has 1 amide bonds. The molecule has 30 heavy (non-hydrogen) atoms. The van der Waals surface area contributed by atoms with E-state index < -0.39 is 17.7 Å². The van der Waals surface area contributed by atoms with Gasteiger partial charge in [-0.3, -0.25) is 19.5 Å². The number of pyridine rings is 1. The second-order valence-electron chi connectivity index (χ2n) is 7.59. The maximum absolute atomic E-state index is 13.0. The number of hydrogen-bond donors (Lipinski definition) is 1. The van der Waals surface area contributed by atoms with Crippen molar-refractivity contribution in [2.24, 2.45) is 0 Å². The number of ketones is 1. The van der Waals surface area contributed by atoms with E-state index in [1.165, 1.54) is 0 Å². The highest BCUT2D eigenvalue weighted by Gasteiger charge is 2.46. The number of hydrogen-bond acceptors (Lipinski definition) is 6. The molecule has 4 rings (SSSR count). The maximum Gasteiger partial charge on any atom is 0.295 e. The van der Waals surface area contributed by atoms with Crippen LogP contribution in [0.5, 0.6) is 0 Å². The van der Waals surface area contributed by atoms with E-state index in [0.29, 0.717) is 31.9 Å². The summed E-state index contributed by atoms with van der Waals surface area (Å²) in [5.41, 5.74) is 2.44. The molecule has 1 unspecified atom stereocenters. The second-order valence-corrected chi connectivity index (χ2v) is 7.59. The first-order valence-corrected chi connectivity index (χ1v) is 10.1. The van der Waals surface area contributed by atoms with E-state index in [9.17, 15) is 14.7 Å². The van der Waals surface area contributed by atoms with Gasteiger partial charge in [0.05, 0.1) is 24.8 Å². The lowest BCUT2D eigenvalue weighted by molar-refractivity contribution is -0.140. The number of aryl methyl sites for hydroxylation is 1. The lowest BCUT2D eigenvalue weighted by Gasteiger charge is -2.30. The Labute approximate surface area is 175 Å². The lowest BCUT2D eigenvalue weighted by Crippen LogP contribution is -2.42. The van der Waals surface area contributed by atoms with Crippen LogP contribution >= 0.6 is 0 Å². The molecule has 1 N–H and O–H groups in total. The Morgan fingerprint density at radius 1 is 1.07 bits per heavy atom. The van der Waals surface area contributed by atoms with Gasteiger partial charge in [0.2, 0.25) is 0 Å². The van der Waals surface area contributed by atoms with Crippen LogP contribution in [0.2, 0.25) is 0 Å². The highest BCUT2D eigenvalue weighted by Crippen LogP contribution is 2.39. The van der Waals surface area contributed by atoms with Crippen molar-refractivity contribution in [3.63, 3.8) is 0 Å². The van der Waals surface area contributed by atoms with E-state index in [4.69, 9.17) is 4.74 Å². The summed E-state index contributed by atoms with van der Waals surface area (Å²) in [6, 6.07) is 10.2. The zero-order chi connectivity index (χ0) is 21.1. The summed E-state index contributed by atoms with van der Waals surface area (Å²) < 4.78 is 5.38. The van der Waals surface area contributed by atoms with E-state index in [2.05, 4.69) is 9.88 Å². The van der Waals surface area contributed by atoms with E-state index in [1.807, 2.05) is 19.1 Å². The lowest BCUT2D eigenvalue weighted by atomic mass is 9.95. The average Bonchev–Trinajstić information content (AvgIpc) is 3.04. The Bertz CT molecular complexity index is 950. The van der Waals surface area contributed by atoms with Gasteiger partial charge in [0.25, 0.3) is 11.7 Å². The van der Waals surface area contributed by atoms with Crippen LogP contribution in [-0.4, -0.2) is 71.0 Å². The number of carbonyl (C=O) groups is 2. The molecule has 0 saturated carbocycles. The molecular formula is C23H25N3O4.